The van der Waals surface area contributed by atoms with Crippen LogP contribution in [-0.4, -0.2) is 47.2 Å². The normalized spacial score (nSPS) is 11.4. The topological polar surface area (TPSA) is 54.7 Å². The number of nitrogens with zero attached hydrogens (tertiary/aromatic N) is 4. The highest BCUT2D eigenvalue weighted by atomic mass is 35.5. The SMILES string of the molecule is CCNC(=NCCOc1cccnc1)N(C)Cc1cc(Cl)cn1C. The van der Waals surface area contributed by atoms with E-state index in [0.29, 0.717) is 13.2 Å². The first-order valence-corrected chi connectivity index (χ1v) is 8.31. The monoisotopic (exact) mass is 349 g/mol. The van der Waals surface area contributed by atoms with Gasteiger partial charge < -0.3 is 19.5 Å². The summed E-state index contributed by atoms with van der Waals surface area (Å²) in [5, 5.41) is 4.04. The summed E-state index contributed by atoms with van der Waals surface area (Å²) in [6, 6.07) is 5.70. The fourth-order valence-corrected chi connectivity index (χ4v) is 2.53. The van der Waals surface area contributed by atoms with E-state index in [0.717, 1.165) is 35.5 Å². The number of aromatic nitrogens is 2. The van der Waals surface area contributed by atoms with Gasteiger partial charge in [0.2, 0.25) is 0 Å². The summed E-state index contributed by atoms with van der Waals surface area (Å²) in [7, 11) is 3.99. The van der Waals surface area contributed by atoms with Gasteiger partial charge in [-0.05, 0) is 25.1 Å². The molecule has 0 fully saturated rings. The van der Waals surface area contributed by atoms with E-state index in [9.17, 15) is 0 Å². The molecule has 0 aliphatic heterocycles. The van der Waals surface area contributed by atoms with Crippen molar-refractivity contribution in [3.8, 4) is 5.75 Å². The molecule has 2 rings (SSSR count). The Hall–Kier alpha value is -2.21. The average Bonchev–Trinajstić information content (AvgIpc) is 2.88. The third kappa shape index (κ3) is 5.45. The van der Waals surface area contributed by atoms with Crippen molar-refractivity contribution in [1.82, 2.24) is 19.8 Å². The summed E-state index contributed by atoms with van der Waals surface area (Å²) < 4.78 is 7.64. The Morgan fingerprint density at radius 2 is 2.33 bits per heavy atom. The molecule has 0 spiro atoms. The van der Waals surface area contributed by atoms with Gasteiger partial charge in [-0.2, -0.15) is 0 Å². The standard InChI is InChI=1S/C17H24ClN5O/c1-4-20-17(21-8-9-24-16-6-5-7-19-11-16)23(3)13-15-10-14(18)12-22(15)2/h5-7,10-12H,4,8-9,13H2,1-3H3,(H,20,21). The summed E-state index contributed by atoms with van der Waals surface area (Å²) >= 11 is 6.04. The molecule has 0 atom stereocenters. The average molecular weight is 350 g/mol. The largest absolute Gasteiger partial charge is 0.490 e. The highest BCUT2D eigenvalue weighted by molar-refractivity contribution is 6.30. The highest BCUT2D eigenvalue weighted by Gasteiger charge is 2.09. The minimum atomic E-state index is 0.504. The van der Waals surface area contributed by atoms with Gasteiger partial charge in [0.15, 0.2) is 5.96 Å². The minimum absolute atomic E-state index is 0.504. The van der Waals surface area contributed by atoms with Crippen molar-refractivity contribution in [2.75, 3.05) is 26.7 Å². The number of pyridine rings is 1. The number of ether oxygens (including phenoxy) is 1. The van der Waals surface area contributed by atoms with Crippen molar-refractivity contribution in [2.45, 2.75) is 13.5 Å². The molecule has 0 saturated heterocycles. The van der Waals surface area contributed by atoms with Crippen LogP contribution in [0.25, 0.3) is 0 Å². The maximum Gasteiger partial charge on any atom is 0.194 e. The Bertz CT molecular complexity index is 656. The van der Waals surface area contributed by atoms with Gasteiger partial charge in [-0.3, -0.25) is 4.98 Å². The van der Waals surface area contributed by atoms with Crippen LogP contribution in [0.4, 0.5) is 0 Å². The summed E-state index contributed by atoms with van der Waals surface area (Å²) in [4.78, 5) is 10.7. The van der Waals surface area contributed by atoms with Crippen LogP contribution in [0, 0.1) is 0 Å². The molecule has 0 aliphatic carbocycles. The fraction of sp³-hybridized carbons (Fsp3) is 0.412. The lowest BCUT2D eigenvalue weighted by molar-refractivity contribution is 0.326. The Morgan fingerprint density at radius 3 is 2.96 bits per heavy atom. The second-order valence-corrected chi connectivity index (χ2v) is 5.83. The van der Waals surface area contributed by atoms with Crippen LogP contribution in [0.3, 0.4) is 0 Å². The Labute approximate surface area is 148 Å². The number of guanidine groups is 1. The molecule has 0 bridgehead atoms. The van der Waals surface area contributed by atoms with Gasteiger partial charge in [-0.15, -0.1) is 0 Å². The summed E-state index contributed by atoms with van der Waals surface area (Å²) in [6.45, 7) is 4.65. The molecule has 7 heteroatoms. The zero-order valence-corrected chi connectivity index (χ0v) is 15.1. The molecule has 1 N–H and O–H groups in total. The number of aliphatic imine (C=N–C) groups is 1. The molecule has 2 aromatic rings. The van der Waals surface area contributed by atoms with E-state index in [-0.39, 0.29) is 0 Å². The first kappa shape index (κ1) is 18.1. The van der Waals surface area contributed by atoms with E-state index in [1.807, 2.05) is 43.1 Å². The smallest absolute Gasteiger partial charge is 0.194 e. The maximum absolute atomic E-state index is 6.04. The lowest BCUT2D eigenvalue weighted by Gasteiger charge is -2.22. The predicted molar refractivity (Wildman–Crippen MR) is 97.6 cm³/mol. The highest BCUT2D eigenvalue weighted by Crippen LogP contribution is 2.14. The molecule has 0 aromatic carbocycles. The van der Waals surface area contributed by atoms with E-state index in [1.54, 1.807) is 12.4 Å². The van der Waals surface area contributed by atoms with E-state index < -0.39 is 0 Å². The number of rotatable bonds is 7. The summed E-state index contributed by atoms with van der Waals surface area (Å²) in [5.41, 5.74) is 1.12. The second kappa shape index (κ2) is 9.17. The number of nitrogens with one attached hydrogen (secondary N) is 1. The Balaban J connectivity index is 1.90. The van der Waals surface area contributed by atoms with Crippen LogP contribution < -0.4 is 10.1 Å². The molecule has 2 aromatic heterocycles. The zero-order valence-electron chi connectivity index (χ0n) is 14.4. The fourth-order valence-electron chi connectivity index (χ4n) is 2.26. The molecule has 0 aliphatic rings. The third-order valence-corrected chi connectivity index (χ3v) is 3.63. The first-order chi connectivity index (χ1) is 11.6. The predicted octanol–water partition coefficient (Wildman–Crippen LogP) is 2.55. The molecule has 2 heterocycles. The van der Waals surface area contributed by atoms with Crippen molar-refractivity contribution < 1.29 is 4.74 Å². The summed E-state index contributed by atoms with van der Waals surface area (Å²) in [6.07, 6.45) is 5.32. The van der Waals surface area contributed by atoms with Gasteiger partial charge in [0.05, 0.1) is 24.3 Å². The van der Waals surface area contributed by atoms with Crippen LogP contribution in [0.5, 0.6) is 5.75 Å². The molecule has 0 radical (unpaired) electrons. The molecule has 0 unspecified atom stereocenters. The van der Waals surface area contributed by atoms with Crippen LogP contribution in [-0.2, 0) is 13.6 Å². The van der Waals surface area contributed by atoms with Crippen molar-refractivity contribution in [2.24, 2.45) is 12.0 Å². The molecule has 130 valence electrons. The van der Waals surface area contributed by atoms with Crippen LogP contribution in [0.15, 0.2) is 41.8 Å². The van der Waals surface area contributed by atoms with E-state index in [2.05, 4.69) is 27.1 Å². The lowest BCUT2D eigenvalue weighted by atomic mass is 10.4. The van der Waals surface area contributed by atoms with Gasteiger partial charge in [0.25, 0.3) is 0 Å². The minimum Gasteiger partial charge on any atom is -0.490 e. The van der Waals surface area contributed by atoms with Gasteiger partial charge in [-0.25, -0.2) is 4.99 Å². The van der Waals surface area contributed by atoms with Crippen LogP contribution in [0.2, 0.25) is 5.02 Å². The Morgan fingerprint density at radius 1 is 1.50 bits per heavy atom. The van der Waals surface area contributed by atoms with Crippen molar-refractivity contribution in [1.29, 1.82) is 0 Å². The van der Waals surface area contributed by atoms with Gasteiger partial charge >= 0.3 is 0 Å². The molecule has 0 saturated carbocycles. The van der Waals surface area contributed by atoms with Crippen LogP contribution >= 0.6 is 11.6 Å². The lowest BCUT2D eigenvalue weighted by Crippen LogP contribution is -2.39. The molecular weight excluding hydrogens is 326 g/mol. The van der Waals surface area contributed by atoms with Crippen molar-refractivity contribution >= 4 is 17.6 Å². The molecule has 6 nitrogen and oxygen atoms in total. The van der Waals surface area contributed by atoms with Gasteiger partial charge in [0.1, 0.15) is 12.4 Å². The van der Waals surface area contributed by atoms with E-state index >= 15 is 0 Å². The van der Waals surface area contributed by atoms with E-state index in [4.69, 9.17) is 16.3 Å². The first-order valence-electron chi connectivity index (χ1n) is 7.93. The van der Waals surface area contributed by atoms with E-state index in [1.165, 1.54) is 0 Å². The quantitative estimate of drug-likeness (QED) is 0.474. The molecular formula is C17H24ClN5O. The summed E-state index contributed by atoms with van der Waals surface area (Å²) in [5.74, 6) is 1.59. The third-order valence-electron chi connectivity index (χ3n) is 3.43. The van der Waals surface area contributed by atoms with Crippen molar-refractivity contribution in [3.63, 3.8) is 0 Å². The van der Waals surface area contributed by atoms with Gasteiger partial charge in [-0.1, -0.05) is 11.6 Å². The number of hydrogen-bond donors (Lipinski definition) is 1. The maximum atomic E-state index is 6.04. The van der Waals surface area contributed by atoms with Gasteiger partial charge in [0, 0.05) is 38.7 Å². The molecule has 0 amide bonds. The number of halogens is 1. The number of aryl methyl sites for hydroxylation is 1. The number of hydrogen-bond acceptors (Lipinski definition) is 3. The second-order valence-electron chi connectivity index (χ2n) is 5.39. The molecule has 24 heavy (non-hydrogen) atoms. The van der Waals surface area contributed by atoms with Crippen LogP contribution in [0.1, 0.15) is 12.6 Å². The Kier molecular flexibility index (Phi) is 6.93. The zero-order chi connectivity index (χ0) is 17.4. The van der Waals surface area contributed by atoms with Crippen molar-refractivity contribution in [3.05, 3.63) is 47.5 Å².